The van der Waals surface area contributed by atoms with E-state index in [4.69, 9.17) is 4.74 Å². The quantitative estimate of drug-likeness (QED) is 0.698. The van der Waals surface area contributed by atoms with Gasteiger partial charge in [0.1, 0.15) is 11.4 Å². The average Bonchev–Trinajstić information content (AvgIpc) is 3.02. The molecule has 0 saturated carbocycles. The predicted molar refractivity (Wildman–Crippen MR) is 119 cm³/mol. The van der Waals surface area contributed by atoms with Crippen molar-refractivity contribution >= 4 is 27.3 Å². The van der Waals surface area contributed by atoms with E-state index in [-0.39, 0.29) is 27.6 Å². The minimum Gasteiger partial charge on any atom is -0.496 e. The van der Waals surface area contributed by atoms with Crippen LogP contribution in [-0.4, -0.2) is 52.9 Å². The largest absolute Gasteiger partial charge is 0.496 e. The molecule has 0 spiro atoms. The molecule has 1 N–H and O–H groups in total. The number of hydrogen-bond donors (Lipinski definition) is 1. The molecule has 0 aromatic heterocycles. The number of halogens is 2. The highest BCUT2D eigenvalue weighted by Gasteiger charge is 2.27. The molecule has 32 heavy (non-hydrogen) atoms. The average molecular weight is 468 g/mol. The van der Waals surface area contributed by atoms with Gasteiger partial charge in [-0.05, 0) is 43.2 Å². The number of nitrogens with zero attached hydrogens (tertiary/aromatic N) is 2. The molecule has 0 aliphatic carbocycles. The van der Waals surface area contributed by atoms with E-state index >= 15 is 0 Å². The first kappa shape index (κ1) is 23.9. The van der Waals surface area contributed by atoms with Crippen LogP contribution < -0.4 is 15.0 Å². The van der Waals surface area contributed by atoms with Crippen molar-refractivity contribution in [3.8, 4) is 5.75 Å². The summed E-state index contributed by atoms with van der Waals surface area (Å²) in [5, 5.41) is 2.42. The molecular formula is C22H27F2N3O4S. The zero-order chi connectivity index (χ0) is 23.5. The molecule has 1 heterocycles. The molecule has 1 aliphatic rings. The fraction of sp³-hybridized carbons (Fsp3) is 0.409. The van der Waals surface area contributed by atoms with Gasteiger partial charge in [-0.1, -0.05) is 12.8 Å². The molecule has 1 fully saturated rings. The van der Waals surface area contributed by atoms with Crippen molar-refractivity contribution < 1.29 is 26.7 Å². The lowest BCUT2D eigenvalue weighted by molar-refractivity contribution is 0.102. The number of ether oxygens (including phenoxy) is 1. The van der Waals surface area contributed by atoms with Crippen molar-refractivity contribution in [1.82, 2.24) is 4.31 Å². The number of sulfonamides is 1. The fourth-order valence-electron chi connectivity index (χ4n) is 3.72. The van der Waals surface area contributed by atoms with Crippen molar-refractivity contribution in [2.45, 2.75) is 30.6 Å². The van der Waals surface area contributed by atoms with E-state index in [2.05, 4.69) is 5.32 Å². The Morgan fingerprint density at radius 2 is 1.62 bits per heavy atom. The van der Waals surface area contributed by atoms with Crippen molar-refractivity contribution in [2.75, 3.05) is 44.5 Å². The summed E-state index contributed by atoms with van der Waals surface area (Å²) in [6.45, 7) is 0.847. The monoisotopic (exact) mass is 467 g/mol. The molecule has 1 aliphatic heterocycles. The molecule has 1 saturated heterocycles. The van der Waals surface area contributed by atoms with Crippen molar-refractivity contribution in [3.63, 3.8) is 0 Å². The number of anilines is 2. The Morgan fingerprint density at radius 1 is 1.03 bits per heavy atom. The highest BCUT2D eigenvalue weighted by Crippen LogP contribution is 2.29. The summed E-state index contributed by atoms with van der Waals surface area (Å²) < 4.78 is 61.4. The number of nitrogens with one attached hydrogen (secondary N) is 1. The van der Waals surface area contributed by atoms with Crippen LogP contribution in [0.5, 0.6) is 5.75 Å². The first-order valence-electron chi connectivity index (χ1n) is 10.3. The van der Waals surface area contributed by atoms with Crippen LogP contribution in [0.4, 0.5) is 20.2 Å². The summed E-state index contributed by atoms with van der Waals surface area (Å²) in [6.07, 6.45) is 3.51. The number of carbonyl (C=O) groups is 1. The number of carbonyl (C=O) groups excluding carboxylic acids is 1. The van der Waals surface area contributed by atoms with E-state index in [1.54, 1.807) is 0 Å². The molecule has 1 amide bonds. The third kappa shape index (κ3) is 5.02. The predicted octanol–water partition coefficient (Wildman–Crippen LogP) is 3.86. The number of rotatable bonds is 6. The van der Waals surface area contributed by atoms with Crippen molar-refractivity contribution in [1.29, 1.82) is 0 Å². The Labute approximate surface area is 187 Å². The van der Waals surface area contributed by atoms with Gasteiger partial charge >= 0.3 is 0 Å². The standard InChI is InChI=1S/C22H27F2N3O4S/c1-26(2)21-18(23)12-15(13-19(21)24)25-22(28)17-14-16(8-9-20(17)31-3)32(29,30)27-10-6-4-5-7-11-27/h8-9,12-14H,4-7,10-11H2,1-3H3,(H,25,28). The van der Waals surface area contributed by atoms with Gasteiger partial charge in [0, 0.05) is 32.9 Å². The summed E-state index contributed by atoms with van der Waals surface area (Å²) in [7, 11) is 0.554. The first-order chi connectivity index (χ1) is 15.1. The van der Waals surface area contributed by atoms with Gasteiger partial charge in [0.25, 0.3) is 5.91 Å². The van der Waals surface area contributed by atoms with Crippen LogP contribution in [0.15, 0.2) is 35.2 Å². The molecule has 0 radical (unpaired) electrons. The van der Waals surface area contributed by atoms with Gasteiger partial charge in [-0.25, -0.2) is 17.2 Å². The Kier molecular flexibility index (Phi) is 7.35. The lowest BCUT2D eigenvalue weighted by Gasteiger charge is -2.21. The SMILES string of the molecule is COc1ccc(S(=O)(=O)N2CCCCCC2)cc1C(=O)Nc1cc(F)c(N(C)C)c(F)c1. The first-order valence-corrected chi connectivity index (χ1v) is 11.7. The fourth-order valence-corrected chi connectivity index (χ4v) is 5.26. The zero-order valence-electron chi connectivity index (χ0n) is 18.3. The molecule has 7 nitrogen and oxygen atoms in total. The van der Waals surface area contributed by atoms with Crippen LogP contribution in [0, 0.1) is 11.6 Å². The summed E-state index contributed by atoms with van der Waals surface area (Å²) in [5.74, 6) is -2.28. The highest BCUT2D eigenvalue weighted by molar-refractivity contribution is 7.89. The number of hydrogen-bond acceptors (Lipinski definition) is 5. The van der Waals surface area contributed by atoms with E-state index in [1.165, 1.54) is 48.6 Å². The second-order valence-corrected chi connectivity index (χ2v) is 9.76. The topological polar surface area (TPSA) is 79.0 Å². The van der Waals surface area contributed by atoms with E-state index in [1.807, 2.05) is 0 Å². The molecule has 174 valence electrons. The van der Waals surface area contributed by atoms with E-state index in [0.717, 1.165) is 37.8 Å². The lowest BCUT2D eigenvalue weighted by atomic mass is 10.1. The van der Waals surface area contributed by atoms with Gasteiger partial charge < -0.3 is 15.0 Å². The maximum atomic E-state index is 14.3. The van der Waals surface area contributed by atoms with Crippen LogP contribution in [0.2, 0.25) is 0 Å². The molecule has 3 rings (SSSR count). The molecule has 0 bridgehead atoms. The van der Waals surface area contributed by atoms with Gasteiger partial charge in [-0.2, -0.15) is 4.31 Å². The highest BCUT2D eigenvalue weighted by atomic mass is 32.2. The normalized spacial score (nSPS) is 15.2. The molecule has 0 unspecified atom stereocenters. The molecular weight excluding hydrogens is 440 g/mol. The lowest BCUT2D eigenvalue weighted by Crippen LogP contribution is -2.32. The molecule has 2 aromatic rings. The van der Waals surface area contributed by atoms with E-state index in [9.17, 15) is 22.0 Å². The smallest absolute Gasteiger partial charge is 0.259 e. The third-order valence-corrected chi connectivity index (χ3v) is 7.23. The Morgan fingerprint density at radius 3 is 2.16 bits per heavy atom. The number of methoxy groups -OCH3 is 1. The van der Waals surface area contributed by atoms with Crippen LogP contribution in [0.25, 0.3) is 0 Å². The van der Waals surface area contributed by atoms with Crippen LogP contribution in [-0.2, 0) is 10.0 Å². The maximum absolute atomic E-state index is 14.3. The zero-order valence-corrected chi connectivity index (χ0v) is 19.1. The van der Waals surface area contributed by atoms with Crippen LogP contribution >= 0.6 is 0 Å². The van der Waals surface area contributed by atoms with E-state index in [0.29, 0.717) is 13.1 Å². The van der Waals surface area contributed by atoms with Gasteiger partial charge in [-0.15, -0.1) is 0 Å². The summed E-state index contributed by atoms with van der Waals surface area (Å²) in [4.78, 5) is 14.1. The molecule has 10 heteroatoms. The molecule has 2 aromatic carbocycles. The summed E-state index contributed by atoms with van der Waals surface area (Å²) >= 11 is 0. The minimum absolute atomic E-state index is 0.0364. The molecule has 0 atom stereocenters. The Bertz CT molecular complexity index is 1080. The van der Waals surface area contributed by atoms with Crippen molar-refractivity contribution in [2.24, 2.45) is 0 Å². The maximum Gasteiger partial charge on any atom is 0.259 e. The summed E-state index contributed by atoms with van der Waals surface area (Å²) in [6, 6.07) is 6.02. The van der Waals surface area contributed by atoms with Gasteiger partial charge in [-0.3, -0.25) is 4.79 Å². The van der Waals surface area contributed by atoms with Gasteiger partial charge in [0.05, 0.1) is 17.6 Å². The summed E-state index contributed by atoms with van der Waals surface area (Å²) in [5.41, 5.74) is -0.384. The number of benzene rings is 2. The minimum atomic E-state index is -3.80. The second-order valence-electron chi connectivity index (χ2n) is 7.82. The van der Waals surface area contributed by atoms with Crippen LogP contribution in [0.1, 0.15) is 36.0 Å². The second kappa shape index (κ2) is 9.83. The van der Waals surface area contributed by atoms with E-state index < -0.39 is 27.6 Å². The van der Waals surface area contributed by atoms with Crippen molar-refractivity contribution in [3.05, 3.63) is 47.5 Å². The van der Waals surface area contributed by atoms with Crippen LogP contribution in [0.3, 0.4) is 0 Å². The third-order valence-electron chi connectivity index (χ3n) is 5.34. The Hall–Kier alpha value is -2.72. The van der Waals surface area contributed by atoms with Gasteiger partial charge in [0.15, 0.2) is 11.6 Å². The Balaban J connectivity index is 1.93. The number of amides is 1. The van der Waals surface area contributed by atoms with Gasteiger partial charge in [0.2, 0.25) is 10.0 Å².